The molecule has 3 rings (SSSR count). The molecule has 8 heteroatoms. The molecule has 0 aliphatic heterocycles. The first-order valence-corrected chi connectivity index (χ1v) is 9.10. The molecular formula is C17H19FN4O2S. The first-order chi connectivity index (χ1) is 12.1. The Labute approximate surface area is 148 Å². The van der Waals surface area contributed by atoms with Gasteiger partial charge in [-0.3, -0.25) is 9.59 Å². The molecule has 0 radical (unpaired) electrons. The minimum Gasteiger partial charge on any atom is -0.353 e. The Morgan fingerprint density at radius 3 is 2.60 bits per heavy atom. The molecule has 132 valence electrons. The predicted octanol–water partition coefficient (Wildman–Crippen LogP) is 2.92. The van der Waals surface area contributed by atoms with E-state index in [4.69, 9.17) is 0 Å². The molecule has 0 unspecified atom stereocenters. The zero-order valence-corrected chi connectivity index (χ0v) is 14.4. The highest BCUT2D eigenvalue weighted by atomic mass is 32.1. The van der Waals surface area contributed by atoms with Crippen LogP contribution in [-0.4, -0.2) is 28.1 Å². The van der Waals surface area contributed by atoms with E-state index in [2.05, 4.69) is 20.8 Å². The second-order valence-electron chi connectivity index (χ2n) is 6.01. The molecule has 6 nitrogen and oxygen atoms in total. The summed E-state index contributed by atoms with van der Waals surface area (Å²) in [7, 11) is 0. The highest BCUT2D eigenvalue weighted by molar-refractivity contribution is 7.13. The molecular weight excluding hydrogens is 343 g/mol. The monoisotopic (exact) mass is 362 g/mol. The van der Waals surface area contributed by atoms with Crippen LogP contribution in [0.4, 0.5) is 10.1 Å². The Morgan fingerprint density at radius 2 is 1.88 bits per heavy atom. The van der Waals surface area contributed by atoms with E-state index in [0.717, 1.165) is 24.2 Å². The van der Waals surface area contributed by atoms with Crippen molar-refractivity contribution in [1.82, 2.24) is 15.5 Å². The first-order valence-electron chi connectivity index (χ1n) is 8.29. The fourth-order valence-electron chi connectivity index (χ4n) is 2.75. The Morgan fingerprint density at radius 1 is 1.16 bits per heavy atom. The van der Waals surface area contributed by atoms with Crippen molar-refractivity contribution in [2.24, 2.45) is 0 Å². The third kappa shape index (κ3) is 5.06. The van der Waals surface area contributed by atoms with E-state index < -0.39 is 5.91 Å². The molecule has 1 heterocycles. The number of nitrogens with zero attached hydrogens (tertiary/aromatic N) is 2. The third-order valence-electron chi connectivity index (χ3n) is 4.05. The minimum absolute atomic E-state index is 0.0133. The van der Waals surface area contributed by atoms with E-state index in [1.54, 1.807) is 0 Å². The number of amides is 2. The maximum absolute atomic E-state index is 12.9. The van der Waals surface area contributed by atoms with Crippen molar-refractivity contribution in [3.63, 3.8) is 0 Å². The van der Waals surface area contributed by atoms with Gasteiger partial charge in [0.2, 0.25) is 10.9 Å². The maximum Gasteiger partial charge on any atom is 0.286 e. The molecule has 0 atom stereocenters. The summed E-state index contributed by atoms with van der Waals surface area (Å²) >= 11 is 1.16. The van der Waals surface area contributed by atoms with Gasteiger partial charge in [-0.05, 0) is 37.1 Å². The van der Waals surface area contributed by atoms with Crippen LogP contribution in [0.1, 0.15) is 46.9 Å². The molecule has 1 aliphatic carbocycles. The third-order valence-corrected chi connectivity index (χ3v) is 5.03. The van der Waals surface area contributed by atoms with Crippen molar-refractivity contribution in [1.29, 1.82) is 0 Å². The number of rotatable bonds is 6. The number of carbonyl (C=O) groups excluding carboxylic acids is 2. The van der Waals surface area contributed by atoms with Gasteiger partial charge in [0, 0.05) is 24.6 Å². The molecule has 0 spiro atoms. The van der Waals surface area contributed by atoms with Crippen molar-refractivity contribution in [2.45, 2.75) is 44.6 Å². The lowest BCUT2D eigenvalue weighted by molar-refractivity contribution is -0.121. The van der Waals surface area contributed by atoms with Gasteiger partial charge in [0.15, 0.2) is 0 Å². The van der Waals surface area contributed by atoms with E-state index in [1.165, 1.54) is 37.1 Å². The van der Waals surface area contributed by atoms with Crippen molar-refractivity contribution >= 4 is 28.8 Å². The second kappa shape index (κ2) is 8.15. The molecule has 1 aromatic heterocycles. The molecule has 1 aromatic carbocycles. The summed E-state index contributed by atoms with van der Waals surface area (Å²) in [5, 5.41) is 14.3. The van der Waals surface area contributed by atoms with Crippen molar-refractivity contribution in [2.75, 3.05) is 5.32 Å². The summed E-state index contributed by atoms with van der Waals surface area (Å²) in [5.41, 5.74) is 0.485. The summed E-state index contributed by atoms with van der Waals surface area (Å²) in [6.45, 7) is 0. The average Bonchev–Trinajstić information content (AvgIpc) is 3.27. The van der Waals surface area contributed by atoms with E-state index >= 15 is 0 Å². The molecule has 0 bridgehead atoms. The zero-order valence-electron chi connectivity index (χ0n) is 13.6. The van der Waals surface area contributed by atoms with Crippen LogP contribution in [0.2, 0.25) is 0 Å². The van der Waals surface area contributed by atoms with E-state index in [0.29, 0.717) is 29.6 Å². The van der Waals surface area contributed by atoms with Crippen LogP contribution < -0.4 is 10.6 Å². The normalized spacial score (nSPS) is 14.4. The summed E-state index contributed by atoms with van der Waals surface area (Å²) in [6, 6.07) is 5.79. The molecule has 0 saturated heterocycles. The van der Waals surface area contributed by atoms with Crippen LogP contribution in [0, 0.1) is 5.82 Å². The number of hydrogen-bond acceptors (Lipinski definition) is 5. The Bertz CT molecular complexity index is 741. The molecule has 1 saturated carbocycles. The van der Waals surface area contributed by atoms with Gasteiger partial charge in [-0.1, -0.05) is 24.2 Å². The highest BCUT2D eigenvalue weighted by Gasteiger charge is 2.18. The van der Waals surface area contributed by atoms with Gasteiger partial charge >= 0.3 is 0 Å². The van der Waals surface area contributed by atoms with Gasteiger partial charge < -0.3 is 10.6 Å². The van der Waals surface area contributed by atoms with Crippen molar-refractivity contribution < 1.29 is 14.0 Å². The number of aryl methyl sites for hydroxylation is 1. The standard InChI is InChI=1S/C17H19FN4O2S/c18-11-5-7-13(8-6-11)20-16(24)17-22-21-15(25-17)10-9-14(23)19-12-3-1-2-4-12/h5-8,12H,1-4,9-10H2,(H,19,23)(H,20,24). The number of halogens is 1. The molecule has 2 N–H and O–H groups in total. The largest absolute Gasteiger partial charge is 0.353 e. The number of hydrogen-bond donors (Lipinski definition) is 2. The number of nitrogens with one attached hydrogen (secondary N) is 2. The topological polar surface area (TPSA) is 84.0 Å². The van der Waals surface area contributed by atoms with Gasteiger partial charge in [-0.25, -0.2) is 4.39 Å². The van der Waals surface area contributed by atoms with Gasteiger partial charge in [-0.2, -0.15) is 0 Å². The SMILES string of the molecule is O=C(CCc1nnc(C(=O)Nc2ccc(F)cc2)s1)NC1CCCC1. The summed E-state index contributed by atoms with van der Waals surface area (Å²) in [4.78, 5) is 24.0. The number of benzene rings is 1. The smallest absolute Gasteiger partial charge is 0.286 e. The maximum atomic E-state index is 12.9. The van der Waals surface area contributed by atoms with E-state index in [9.17, 15) is 14.0 Å². The molecule has 2 aromatic rings. The zero-order chi connectivity index (χ0) is 17.6. The van der Waals surface area contributed by atoms with Crippen LogP contribution >= 0.6 is 11.3 Å². The Balaban J connectivity index is 1.48. The van der Waals surface area contributed by atoms with Gasteiger partial charge in [0.05, 0.1) is 0 Å². The van der Waals surface area contributed by atoms with Crippen LogP contribution in [0.25, 0.3) is 0 Å². The lowest BCUT2D eigenvalue weighted by Gasteiger charge is -2.10. The number of carbonyl (C=O) groups is 2. The molecule has 1 aliphatic rings. The Hall–Kier alpha value is -2.35. The quantitative estimate of drug-likeness (QED) is 0.828. The van der Waals surface area contributed by atoms with Crippen molar-refractivity contribution in [3.05, 3.63) is 40.1 Å². The minimum atomic E-state index is -0.397. The lowest BCUT2D eigenvalue weighted by Crippen LogP contribution is -2.32. The lowest BCUT2D eigenvalue weighted by atomic mass is 10.2. The molecule has 25 heavy (non-hydrogen) atoms. The van der Waals surface area contributed by atoms with E-state index in [-0.39, 0.29) is 16.7 Å². The van der Waals surface area contributed by atoms with Crippen LogP contribution in [0.15, 0.2) is 24.3 Å². The van der Waals surface area contributed by atoms with E-state index in [1.807, 2.05) is 0 Å². The summed E-state index contributed by atoms with van der Waals surface area (Å²) in [5.74, 6) is -0.753. The van der Waals surface area contributed by atoms with Crippen LogP contribution in [0.3, 0.4) is 0 Å². The fourth-order valence-corrected chi connectivity index (χ4v) is 3.49. The number of aromatic nitrogens is 2. The van der Waals surface area contributed by atoms with Gasteiger partial charge in [0.1, 0.15) is 10.8 Å². The van der Waals surface area contributed by atoms with Crippen LogP contribution in [-0.2, 0) is 11.2 Å². The van der Waals surface area contributed by atoms with Gasteiger partial charge in [-0.15, -0.1) is 10.2 Å². The summed E-state index contributed by atoms with van der Waals surface area (Å²) in [6.07, 6.45) is 5.25. The fraction of sp³-hybridized carbons (Fsp3) is 0.412. The molecule has 2 amide bonds. The van der Waals surface area contributed by atoms with Crippen LogP contribution in [0.5, 0.6) is 0 Å². The van der Waals surface area contributed by atoms with Crippen molar-refractivity contribution in [3.8, 4) is 0 Å². The highest BCUT2D eigenvalue weighted by Crippen LogP contribution is 2.18. The predicted molar refractivity (Wildman–Crippen MR) is 93.0 cm³/mol. The Kier molecular flexibility index (Phi) is 5.70. The van der Waals surface area contributed by atoms with Gasteiger partial charge in [0.25, 0.3) is 5.91 Å². The second-order valence-corrected chi connectivity index (χ2v) is 7.07. The average molecular weight is 362 g/mol. The molecule has 1 fully saturated rings. The first kappa shape index (κ1) is 17.5. The number of anilines is 1. The summed E-state index contributed by atoms with van der Waals surface area (Å²) < 4.78 is 12.9.